The van der Waals surface area contributed by atoms with E-state index < -0.39 is 0 Å². The second kappa shape index (κ2) is 8.04. The van der Waals surface area contributed by atoms with Gasteiger partial charge in [0.05, 0.1) is 11.8 Å². The summed E-state index contributed by atoms with van der Waals surface area (Å²) in [5, 5.41) is 7.30. The lowest BCUT2D eigenvalue weighted by atomic mass is 10.1. The zero-order valence-electron chi connectivity index (χ0n) is 13.3. The third-order valence-electron chi connectivity index (χ3n) is 3.13. The Morgan fingerprint density at radius 3 is 2.70 bits per heavy atom. The molecule has 0 aromatic carbocycles. The number of hydrogen-bond donors (Lipinski definition) is 1. The van der Waals surface area contributed by atoms with E-state index in [4.69, 9.17) is 4.74 Å². The van der Waals surface area contributed by atoms with Crippen molar-refractivity contribution in [3.8, 4) is 0 Å². The molecular formula is C15H27N3O2. The van der Waals surface area contributed by atoms with Gasteiger partial charge in [-0.1, -0.05) is 20.8 Å². The van der Waals surface area contributed by atoms with E-state index in [9.17, 15) is 4.79 Å². The summed E-state index contributed by atoms with van der Waals surface area (Å²) in [5.74, 6) is 0.441. The Bertz CT molecular complexity index is 427. The number of nitrogens with one attached hydrogen (secondary N) is 1. The minimum atomic E-state index is -0.0897. The summed E-state index contributed by atoms with van der Waals surface area (Å²) < 4.78 is 7.18. The van der Waals surface area contributed by atoms with E-state index in [0.29, 0.717) is 24.8 Å². The van der Waals surface area contributed by atoms with Gasteiger partial charge in [-0.05, 0) is 31.7 Å². The van der Waals surface area contributed by atoms with Crippen molar-refractivity contribution < 1.29 is 9.53 Å². The zero-order valence-corrected chi connectivity index (χ0v) is 13.3. The van der Waals surface area contributed by atoms with Gasteiger partial charge < -0.3 is 10.1 Å². The maximum atomic E-state index is 12.2. The fraction of sp³-hybridized carbons (Fsp3) is 0.733. The predicted molar refractivity (Wildman–Crippen MR) is 79.8 cm³/mol. The Hall–Kier alpha value is -1.36. The van der Waals surface area contributed by atoms with Gasteiger partial charge in [0, 0.05) is 20.2 Å². The van der Waals surface area contributed by atoms with E-state index in [2.05, 4.69) is 31.2 Å². The van der Waals surface area contributed by atoms with Gasteiger partial charge in [-0.2, -0.15) is 5.10 Å². The van der Waals surface area contributed by atoms with Crippen molar-refractivity contribution in [2.75, 3.05) is 13.2 Å². The highest BCUT2D eigenvalue weighted by Crippen LogP contribution is 2.09. The molecule has 20 heavy (non-hydrogen) atoms. The average Bonchev–Trinajstić information content (AvgIpc) is 2.74. The van der Waals surface area contributed by atoms with Crippen LogP contribution in [0, 0.1) is 5.92 Å². The van der Waals surface area contributed by atoms with Gasteiger partial charge in [-0.3, -0.25) is 9.48 Å². The van der Waals surface area contributed by atoms with Crippen LogP contribution in [0.4, 0.5) is 0 Å². The summed E-state index contributed by atoms with van der Waals surface area (Å²) in [6.07, 6.45) is 1.85. The number of aryl methyl sites for hydroxylation is 1. The molecule has 5 nitrogen and oxygen atoms in total. The van der Waals surface area contributed by atoms with E-state index in [-0.39, 0.29) is 12.0 Å². The average molecular weight is 281 g/mol. The summed E-state index contributed by atoms with van der Waals surface area (Å²) in [6.45, 7) is 9.50. The lowest BCUT2D eigenvalue weighted by molar-refractivity contribution is 0.0566. The van der Waals surface area contributed by atoms with Crippen molar-refractivity contribution in [2.45, 2.75) is 46.6 Å². The van der Waals surface area contributed by atoms with Crippen molar-refractivity contribution in [3.63, 3.8) is 0 Å². The molecule has 0 radical (unpaired) electrons. The van der Waals surface area contributed by atoms with Crippen molar-refractivity contribution in [2.24, 2.45) is 13.0 Å². The van der Waals surface area contributed by atoms with E-state index in [1.807, 2.05) is 13.0 Å². The standard InChI is InChI=1S/C15H27N3O2/c1-6-13(20-7-2)10-16-15(19)14-9-12(8-11(3)4)17-18(14)5/h9,11,13H,6-8,10H2,1-5H3,(H,16,19)/t13-/m0/s1. The quantitative estimate of drug-likeness (QED) is 0.794. The number of carbonyl (C=O) groups excluding carboxylic acids is 1. The van der Waals surface area contributed by atoms with Crippen LogP contribution >= 0.6 is 0 Å². The Labute approximate surface area is 121 Å². The third-order valence-corrected chi connectivity index (χ3v) is 3.13. The summed E-state index contributed by atoms with van der Waals surface area (Å²) >= 11 is 0. The van der Waals surface area contributed by atoms with Gasteiger partial charge in [0.2, 0.25) is 0 Å². The summed E-state index contributed by atoms with van der Waals surface area (Å²) in [6, 6.07) is 1.87. The van der Waals surface area contributed by atoms with Crippen LogP contribution < -0.4 is 5.32 Å². The number of ether oxygens (including phenoxy) is 1. The maximum absolute atomic E-state index is 12.2. The minimum Gasteiger partial charge on any atom is -0.377 e. The molecule has 1 amide bonds. The van der Waals surface area contributed by atoms with E-state index in [1.165, 1.54) is 0 Å². The van der Waals surface area contributed by atoms with Gasteiger partial charge in [0.1, 0.15) is 5.69 Å². The van der Waals surface area contributed by atoms with Gasteiger partial charge >= 0.3 is 0 Å². The second-order valence-electron chi connectivity index (χ2n) is 5.44. The van der Waals surface area contributed by atoms with Crippen LogP contribution in [0.25, 0.3) is 0 Å². The second-order valence-corrected chi connectivity index (χ2v) is 5.44. The van der Waals surface area contributed by atoms with E-state index >= 15 is 0 Å². The van der Waals surface area contributed by atoms with Crippen LogP contribution in [0.1, 0.15) is 50.3 Å². The van der Waals surface area contributed by atoms with Crippen LogP contribution in [-0.2, 0) is 18.2 Å². The van der Waals surface area contributed by atoms with Crippen LogP contribution in [0.3, 0.4) is 0 Å². The number of hydrogen-bond acceptors (Lipinski definition) is 3. The van der Waals surface area contributed by atoms with Gasteiger partial charge in [0.15, 0.2) is 0 Å². The highest BCUT2D eigenvalue weighted by atomic mass is 16.5. The molecule has 1 aromatic heterocycles. The van der Waals surface area contributed by atoms with E-state index in [1.54, 1.807) is 11.7 Å². The molecule has 0 unspecified atom stereocenters. The van der Waals surface area contributed by atoms with Crippen LogP contribution in [0.2, 0.25) is 0 Å². The molecule has 0 aliphatic rings. The Balaban J connectivity index is 2.61. The molecule has 0 spiro atoms. The van der Waals surface area contributed by atoms with Crippen molar-refractivity contribution in [1.29, 1.82) is 0 Å². The van der Waals surface area contributed by atoms with Gasteiger partial charge in [-0.25, -0.2) is 0 Å². The first-order chi connectivity index (χ1) is 9.47. The minimum absolute atomic E-state index is 0.0762. The number of aromatic nitrogens is 2. The normalized spacial score (nSPS) is 12.7. The molecule has 0 aliphatic carbocycles. The molecule has 1 rings (SSSR count). The first-order valence-corrected chi connectivity index (χ1v) is 7.40. The molecule has 0 bridgehead atoms. The fourth-order valence-electron chi connectivity index (χ4n) is 2.11. The third kappa shape index (κ3) is 4.96. The Morgan fingerprint density at radius 2 is 2.15 bits per heavy atom. The monoisotopic (exact) mass is 281 g/mol. The Kier molecular flexibility index (Phi) is 6.71. The van der Waals surface area contributed by atoms with Crippen molar-refractivity contribution in [3.05, 3.63) is 17.5 Å². The molecule has 0 aliphatic heterocycles. The molecule has 1 heterocycles. The van der Waals surface area contributed by atoms with Crippen molar-refractivity contribution in [1.82, 2.24) is 15.1 Å². The zero-order chi connectivity index (χ0) is 15.1. The van der Waals surface area contributed by atoms with Crippen LogP contribution in [-0.4, -0.2) is 34.9 Å². The lowest BCUT2D eigenvalue weighted by Gasteiger charge is -2.15. The first kappa shape index (κ1) is 16.7. The smallest absolute Gasteiger partial charge is 0.269 e. The lowest BCUT2D eigenvalue weighted by Crippen LogP contribution is -2.34. The van der Waals surface area contributed by atoms with Crippen LogP contribution in [0.5, 0.6) is 0 Å². The summed E-state index contributed by atoms with van der Waals surface area (Å²) in [5.41, 5.74) is 1.57. The molecule has 1 N–H and O–H groups in total. The number of carbonyl (C=O) groups is 1. The molecule has 114 valence electrons. The fourth-order valence-corrected chi connectivity index (χ4v) is 2.11. The van der Waals surface area contributed by atoms with Gasteiger partial charge in [-0.15, -0.1) is 0 Å². The topological polar surface area (TPSA) is 56.1 Å². The first-order valence-electron chi connectivity index (χ1n) is 7.40. The molecule has 0 fully saturated rings. The summed E-state index contributed by atoms with van der Waals surface area (Å²) in [4.78, 5) is 12.2. The molecule has 0 saturated carbocycles. The van der Waals surface area contributed by atoms with Gasteiger partial charge in [0.25, 0.3) is 5.91 Å². The molecule has 0 saturated heterocycles. The number of rotatable bonds is 8. The van der Waals surface area contributed by atoms with Crippen LogP contribution in [0.15, 0.2) is 6.07 Å². The molecular weight excluding hydrogens is 254 g/mol. The Morgan fingerprint density at radius 1 is 1.45 bits per heavy atom. The SMILES string of the molecule is CCO[C@@H](CC)CNC(=O)c1cc(CC(C)C)nn1C. The molecule has 1 aromatic rings. The summed E-state index contributed by atoms with van der Waals surface area (Å²) in [7, 11) is 1.80. The predicted octanol–water partition coefficient (Wildman–Crippen LogP) is 2.16. The molecule has 1 atom stereocenters. The highest BCUT2D eigenvalue weighted by molar-refractivity contribution is 5.92. The highest BCUT2D eigenvalue weighted by Gasteiger charge is 2.15. The number of amides is 1. The van der Waals surface area contributed by atoms with E-state index in [0.717, 1.165) is 18.5 Å². The van der Waals surface area contributed by atoms with Crippen molar-refractivity contribution >= 4 is 5.91 Å². The largest absolute Gasteiger partial charge is 0.377 e. The number of nitrogens with zero attached hydrogens (tertiary/aromatic N) is 2. The molecule has 5 heteroatoms. The maximum Gasteiger partial charge on any atom is 0.269 e.